The second-order valence-electron chi connectivity index (χ2n) is 10.1. The van der Waals surface area contributed by atoms with Gasteiger partial charge in [-0.15, -0.1) is 0 Å². The number of hydrogen-bond donors (Lipinski definition) is 2. The summed E-state index contributed by atoms with van der Waals surface area (Å²) in [4.78, 5) is 24.0. The van der Waals surface area contributed by atoms with Crippen LogP contribution in [0, 0.1) is 17.8 Å². The lowest BCUT2D eigenvalue weighted by atomic mass is 9.58. The van der Waals surface area contributed by atoms with Crippen LogP contribution in [0.15, 0.2) is 42.5 Å². The van der Waals surface area contributed by atoms with Crippen LogP contribution >= 0.6 is 0 Å². The molecule has 0 aromatic heterocycles. The molecule has 6 heteroatoms. The van der Waals surface area contributed by atoms with Crippen molar-refractivity contribution in [1.29, 1.82) is 0 Å². The summed E-state index contributed by atoms with van der Waals surface area (Å²) in [7, 11) is 1.27. The number of phenols is 1. The Morgan fingerprint density at radius 2 is 1.73 bits per heavy atom. The number of hydrogen-bond acceptors (Lipinski definition) is 5. The van der Waals surface area contributed by atoms with Crippen LogP contribution in [0.3, 0.4) is 0 Å². The Balaban J connectivity index is 1.34. The number of carbonyl (C=O) groups excluding carboxylic acids is 2. The molecule has 0 aliphatic heterocycles. The highest BCUT2D eigenvalue weighted by molar-refractivity contribution is 5.96. The molecule has 2 aromatic carbocycles. The minimum Gasteiger partial charge on any atom is -0.506 e. The average Bonchev–Trinajstić information content (AvgIpc) is 2.78. The molecule has 1 amide bonds. The van der Waals surface area contributed by atoms with E-state index in [1.807, 2.05) is 12.1 Å². The fraction of sp³-hybridized carbons (Fsp3) is 0.481. The maximum atomic E-state index is 12.3. The first-order valence-electron chi connectivity index (χ1n) is 11.7. The second-order valence-corrected chi connectivity index (χ2v) is 10.1. The van der Waals surface area contributed by atoms with Crippen LogP contribution in [0.1, 0.15) is 61.9 Å². The van der Waals surface area contributed by atoms with Gasteiger partial charge in [-0.2, -0.15) is 0 Å². The van der Waals surface area contributed by atoms with Crippen LogP contribution in [-0.4, -0.2) is 30.7 Å². The van der Waals surface area contributed by atoms with Gasteiger partial charge in [-0.05, 0) is 91.2 Å². The molecule has 0 radical (unpaired) electrons. The number of fused-ring (bicyclic) bond motifs is 2. The summed E-state index contributed by atoms with van der Waals surface area (Å²) < 4.78 is 10.3. The SMILES string of the molecule is COC(=O)c1ccc(O)c(NC(=O)COc2ccc(C3(C)CC4CC(C)CC(C4)C3)cc2)c1. The zero-order valence-electron chi connectivity index (χ0n) is 19.6. The molecule has 176 valence electrons. The number of amides is 1. The standard InChI is InChI=1S/C27H33NO5/c1-17-10-18-12-19(11-17)15-27(2,14-18)21-5-7-22(8-6-21)33-16-25(30)28-23-13-20(26(31)32-3)4-9-24(23)29/h4-9,13,17-19,29H,10-12,14-16H2,1-3H3,(H,28,30). The third-order valence-electron chi connectivity index (χ3n) is 7.23. The average molecular weight is 452 g/mol. The zero-order valence-corrected chi connectivity index (χ0v) is 19.6. The largest absolute Gasteiger partial charge is 0.506 e. The lowest BCUT2D eigenvalue weighted by Crippen LogP contribution is -2.38. The summed E-state index contributed by atoms with van der Waals surface area (Å²) >= 11 is 0. The van der Waals surface area contributed by atoms with Crippen LogP contribution in [0.25, 0.3) is 0 Å². The van der Waals surface area contributed by atoms with E-state index in [0.717, 1.165) is 17.8 Å². The van der Waals surface area contributed by atoms with Crippen molar-refractivity contribution in [3.8, 4) is 11.5 Å². The van der Waals surface area contributed by atoms with Crippen LogP contribution in [-0.2, 0) is 14.9 Å². The van der Waals surface area contributed by atoms with Gasteiger partial charge in [0.2, 0.25) is 0 Å². The quantitative estimate of drug-likeness (QED) is 0.460. The normalized spacial score (nSPS) is 26.3. The van der Waals surface area contributed by atoms with E-state index in [-0.39, 0.29) is 29.0 Å². The second kappa shape index (κ2) is 9.46. The van der Waals surface area contributed by atoms with Gasteiger partial charge in [0.15, 0.2) is 6.61 Å². The molecule has 2 unspecified atom stereocenters. The van der Waals surface area contributed by atoms with Crippen molar-refractivity contribution in [3.05, 3.63) is 53.6 Å². The predicted molar refractivity (Wildman–Crippen MR) is 127 cm³/mol. The maximum Gasteiger partial charge on any atom is 0.337 e. The Hall–Kier alpha value is -3.02. The van der Waals surface area contributed by atoms with Gasteiger partial charge in [0.25, 0.3) is 5.91 Å². The van der Waals surface area contributed by atoms with Crippen LogP contribution in [0.4, 0.5) is 5.69 Å². The van der Waals surface area contributed by atoms with Crippen molar-refractivity contribution in [2.24, 2.45) is 17.8 Å². The number of benzene rings is 2. The van der Waals surface area contributed by atoms with Crippen LogP contribution < -0.4 is 10.1 Å². The first-order valence-corrected chi connectivity index (χ1v) is 11.7. The summed E-state index contributed by atoms with van der Waals surface area (Å²) in [6, 6.07) is 12.2. The smallest absolute Gasteiger partial charge is 0.337 e. The number of rotatable bonds is 6. The predicted octanol–water partition coefficient (Wildman–Crippen LogP) is 5.30. The molecule has 2 aliphatic rings. The lowest BCUT2D eigenvalue weighted by Gasteiger charge is -2.47. The van der Waals surface area contributed by atoms with Gasteiger partial charge < -0.3 is 19.9 Å². The highest BCUT2D eigenvalue weighted by Gasteiger charge is 2.41. The number of carbonyl (C=O) groups is 2. The summed E-state index contributed by atoms with van der Waals surface area (Å²) in [5.41, 5.74) is 1.91. The van der Waals surface area contributed by atoms with Gasteiger partial charge in [0.1, 0.15) is 11.5 Å². The Labute approximate surface area is 195 Å². The van der Waals surface area contributed by atoms with E-state index in [1.165, 1.54) is 63.0 Å². The van der Waals surface area contributed by atoms with E-state index in [2.05, 4.69) is 36.0 Å². The minimum atomic E-state index is -0.549. The molecule has 33 heavy (non-hydrogen) atoms. The number of esters is 1. The molecule has 2 saturated carbocycles. The van der Waals surface area contributed by atoms with E-state index in [9.17, 15) is 14.7 Å². The zero-order chi connectivity index (χ0) is 23.6. The van der Waals surface area contributed by atoms with Crippen molar-refractivity contribution in [3.63, 3.8) is 0 Å². The van der Waals surface area contributed by atoms with E-state index in [1.54, 1.807) is 0 Å². The van der Waals surface area contributed by atoms with Crippen molar-refractivity contribution >= 4 is 17.6 Å². The highest BCUT2D eigenvalue weighted by atomic mass is 16.5. The highest BCUT2D eigenvalue weighted by Crippen LogP contribution is 2.51. The Morgan fingerprint density at radius 3 is 2.36 bits per heavy atom. The molecular weight excluding hydrogens is 418 g/mol. The Morgan fingerprint density at radius 1 is 1.06 bits per heavy atom. The summed E-state index contributed by atoms with van der Waals surface area (Å²) in [6.45, 7) is 4.57. The monoisotopic (exact) mass is 451 g/mol. The number of phenolic OH excluding ortho intramolecular Hbond substituents is 1. The molecular formula is C27H33NO5. The summed E-state index contributed by atoms with van der Waals surface area (Å²) in [5, 5.41) is 12.5. The molecule has 2 N–H and O–H groups in total. The van der Waals surface area contributed by atoms with Gasteiger partial charge in [0, 0.05) is 0 Å². The number of anilines is 1. The fourth-order valence-electron chi connectivity index (χ4n) is 5.99. The first kappa shape index (κ1) is 23.1. The summed E-state index contributed by atoms with van der Waals surface area (Å²) in [6.07, 6.45) is 6.56. The Bertz CT molecular complexity index is 998. The van der Waals surface area contributed by atoms with Gasteiger partial charge in [-0.1, -0.05) is 26.0 Å². The van der Waals surface area contributed by atoms with Crippen LogP contribution in [0.2, 0.25) is 0 Å². The molecule has 2 fully saturated rings. The molecule has 0 spiro atoms. The molecule has 6 nitrogen and oxygen atoms in total. The number of ether oxygens (including phenoxy) is 2. The van der Waals surface area contributed by atoms with Gasteiger partial charge in [-0.25, -0.2) is 4.79 Å². The molecule has 0 saturated heterocycles. The molecule has 2 bridgehead atoms. The maximum absolute atomic E-state index is 12.3. The number of methoxy groups -OCH3 is 1. The lowest BCUT2D eigenvalue weighted by molar-refractivity contribution is -0.118. The number of aromatic hydroxyl groups is 1. The molecule has 4 rings (SSSR count). The number of nitrogens with one attached hydrogen (secondary N) is 1. The molecule has 2 aromatic rings. The molecule has 2 atom stereocenters. The Kier molecular flexibility index (Phi) is 6.63. The van der Waals surface area contributed by atoms with E-state index in [4.69, 9.17) is 4.74 Å². The van der Waals surface area contributed by atoms with E-state index >= 15 is 0 Å². The van der Waals surface area contributed by atoms with Crippen molar-refractivity contribution in [2.45, 2.75) is 51.4 Å². The van der Waals surface area contributed by atoms with E-state index < -0.39 is 11.9 Å². The van der Waals surface area contributed by atoms with Crippen LogP contribution in [0.5, 0.6) is 11.5 Å². The fourth-order valence-corrected chi connectivity index (χ4v) is 5.99. The summed E-state index contributed by atoms with van der Waals surface area (Å²) in [5.74, 6) is 2.00. The van der Waals surface area contributed by atoms with E-state index in [0.29, 0.717) is 5.75 Å². The van der Waals surface area contributed by atoms with Crippen molar-refractivity contribution in [2.75, 3.05) is 19.0 Å². The molecule has 0 heterocycles. The van der Waals surface area contributed by atoms with Gasteiger partial charge in [-0.3, -0.25) is 4.79 Å². The third-order valence-corrected chi connectivity index (χ3v) is 7.23. The van der Waals surface area contributed by atoms with Crippen molar-refractivity contribution in [1.82, 2.24) is 0 Å². The van der Waals surface area contributed by atoms with Gasteiger partial charge in [0.05, 0.1) is 18.4 Å². The first-order chi connectivity index (χ1) is 15.8. The molecule has 2 aliphatic carbocycles. The minimum absolute atomic E-state index is 0.131. The van der Waals surface area contributed by atoms with Crippen molar-refractivity contribution < 1.29 is 24.2 Å². The topological polar surface area (TPSA) is 84.9 Å². The third kappa shape index (κ3) is 5.32. The van der Waals surface area contributed by atoms with Gasteiger partial charge >= 0.3 is 5.97 Å².